The van der Waals surface area contributed by atoms with E-state index in [2.05, 4.69) is 10.3 Å². The Hall–Kier alpha value is -1.82. The molecule has 0 amide bonds. The number of aromatic nitrogens is 2. The minimum atomic E-state index is -4.30. The molecule has 6 heteroatoms. The molecule has 3 nitrogen and oxygen atoms in total. The lowest BCUT2D eigenvalue weighted by molar-refractivity contribution is -0.137. The molecule has 1 aliphatic heterocycles. The highest BCUT2D eigenvalue weighted by molar-refractivity contribution is 5.37. The van der Waals surface area contributed by atoms with Crippen LogP contribution in [0.3, 0.4) is 0 Å². The molecule has 106 valence electrons. The van der Waals surface area contributed by atoms with Crippen molar-refractivity contribution in [2.75, 3.05) is 6.54 Å². The molecule has 2 heterocycles. The van der Waals surface area contributed by atoms with Crippen molar-refractivity contribution < 1.29 is 13.2 Å². The fourth-order valence-corrected chi connectivity index (χ4v) is 2.53. The van der Waals surface area contributed by atoms with Crippen LogP contribution in [-0.4, -0.2) is 16.1 Å². The maximum atomic E-state index is 12.6. The van der Waals surface area contributed by atoms with Crippen LogP contribution >= 0.6 is 0 Å². The zero-order chi connectivity index (χ0) is 14.2. The van der Waals surface area contributed by atoms with E-state index in [0.717, 1.165) is 37.2 Å². The van der Waals surface area contributed by atoms with E-state index in [-0.39, 0.29) is 6.04 Å². The monoisotopic (exact) mass is 281 g/mol. The summed E-state index contributed by atoms with van der Waals surface area (Å²) in [5, 5.41) is 3.36. The van der Waals surface area contributed by atoms with E-state index in [0.29, 0.717) is 5.69 Å². The Bertz CT molecular complexity index is 580. The van der Waals surface area contributed by atoms with E-state index >= 15 is 0 Å². The smallest absolute Gasteiger partial charge is 0.309 e. The van der Waals surface area contributed by atoms with E-state index in [1.54, 1.807) is 12.5 Å². The molecule has 1 saturated heterocycles. The third-order valence-electron chi connectivity index (χ3n) is 3.56. The second kappa shape index (κ2) is 4.94. The van der Waals surface area contributed by atoms with Crippen LogP contribution in [0.2, 0.25) is 0 Å². The first-order valence-electron chi connectivity index (χ1n) is 6.49. The summed E-state index contributed by atoms with van der Waals surface area (Å²) in [6.45, 7) is 0.961. The quantitative estimate of drug-likeness (QED) is 0.915. The minimum absolute atomic E-state index is 0.222. The van der Waals surface area contributed by atoms with Gasteiger partial charge in [-0.1, -0.05) is 0 Å². The van der Waals surface area contributed by atoms with Gasteiger partial charge in [0.1, 0.15) is 0 Å². The summed E-state index contributed by atoms with van der Waals surface area (Å²) in [5.41, 5.74) is 1.04. The number of rotatable bonds is 2. The molecule has 1 unspecified atom stereocenters. The molecule has 0 radical (unpaired) electrons. The van der Waals surface area contributed by atoms with Gasteiger partial charge in [-0.25, -0.2) is 4.98 Å². The predicted molar refractivity (Wildman–Crippen MR) is 68.5 cm³/mol. The van der Waals surface area contributed by atoms with Gasteiger partial charge in [-0.05, 0) is 43.7 Å². The summed E-state index contributed by atoms with van der Waals surface area (Å²) in [6, 6.07) is 5.37. The SMILES string of the molecule is FC(F)(F)c1ccc(-n2cncc2C2CCCN2)cc1. The van der Waals surface area contributed by atoms with E-state index in [9.17, 15) is 13.2 Å². The Labute approximate surface area is 114 Å². The molecule has 20 heavy (non-hydrogen) atoms. The first-order valence-corrected chi connectivity index (χ1v) is 6.49. The minimum Gasteiger partial charge on any atom is -0.309 e. The number of benzene rings is 1. The number of alkyl halides is 3. The fraction of sp³-hybridized carbons (Fsp3) is 0.357. The summed E-state index contributed by atoms with van der Waals surface area (Å²) >= 11 is 0. The van der Waals surface area contributed by atoms with Gasteiger partial charge >= 0.3 is 6.18 Å². The van der Waals surface area contributed by atoms with Gasteiger partial charge in [0.05, 0.1) is 23.8 Å². The van der Waals surface area contributed by atoms with Gasteiger partial charge in [-0.2, -0.15) is 13.2 Å². The van der Waals surface area contributed by atoms with Crippen LogP contribution in [0.5, 0.6) is 0 Å². The molecule has 1 fully saturated rings. The summed E-state index contributed by atoms with van der Waals surface area (Å²) in [6.07, 6.45) is 1.22. The van der Waals surface area contributed by atoms with E-state index in [1.807, 2.05) is 4.57 Å². The molecular formula is C14H14F3N3. The van der Waals surface area contributed by atoms with Crippen LogP contribution in [-0.2, 0) is 6.18 Å². The molecule has 1 atom stereocenters. The van der Waals surface area contributed by atoms with Crippen LogP contribution in [0.1, 0.15) is 30.1 Å². The van der Waals surface area contributed by atoms with Crippen LogP contribution in [0.25, 0.3) is 5.69 Å². The lowest BCUT2D eigenvalue weighted by Gasteiger charge is -2.14. The topological polar surface area (TPSA) is 29.9 Å². The van der Waals surface area contributed by atoms with Gasteiger partial charge in [-0.15, -0.1) is 0 Å². The lowest BCUT2D eigenvalue weighted by Crippen LogP contribution is -2.16. The second-order valence-electron chi connectivity index (χ2n) is 4.88. The Balaban J connectivity index is 1.92. The third-order valence-corrected chi connectivity index (χ3v) is 3.56. The van der Waals surface area contributed by atoms with Crippen LogP contribution < -0.4 is 5.32 Å². The van der Waals surface area contributed by atoms with Crippen molar-refractivity contribution in [2.45, 2.75) is 25.1 Å². The predicted octanol–water partition coefficient (Wildman–Crippen LogP) is 3.32. The number of halogens is 3. The molecule has 0 aliphatic carbocycles. The van der Waals surface area contributed by atoms with Crippen molar-refractivity contribution in [3.8, 4) is 5.69 Å². The summed E-state index contributed by atoms with van der Waals surface area (Å²) in [5.74, 6) is 0. The first kappa shape index (κ1) is 13.2. The zero-order valence-corrected chi connectivity index (χ0v) is 10.7. The molecule has 1 aromatic carbocycles. The van der Waals surface area contributed by atoms with Crippen molar-refractivity contribution in [3.63, 3.8) is 0 Å². The molecule has 0 bridgehead atoms. The van der Waals surface area contributed by atoms with Gasteiger partial charge in [0.25, 0.3) is 0 Å². The molecule has 0 spiro atoms. The highest BCUT2D eigenvalue weighted by Crippen LogP contribution is 2.30. The first-order chi connectivity index (χ1) is 9.55. The number of nitrogens with zero attached hydrogens (tertiary/aromatic N) is 2. The lowest BCUT2D eigenvalue weighted by atomic mass is 10.1. The molecule has 1 N–H and O–H groups in total. The van der Waals surface area contributed by atoms with Crippen molar-refractivity contribution in [1.29, 1.82) is 0 Å². The largest absolute Gasteiger partial charge is 0.416 e. The summed E-state index contributed by atoms with van der Waals surface area (Å²) in [7, 11) is 0. The second-order valence-corrected chi connectivity index (χ2v) is 4.88. The summed E-state index contributed by atoms with van der Waals surface area (Å²) in [4.78, 5) is 4.12. The standard InChI is InChI=1S/C14H14F3N3/c15-14(16,17)10-3-5-11(6-4-10)20-9-18-8-13(20)12-2-1-7-19-12/h3-6,8-9,12,19H,1-2,7H2. The number of nitrogens with one attached hydrogen (secondary N) is 1. The molecular weight excluding hydrogens is 267 g/mol. The van der Waals surface area contributed by atoms with Crippen molar-refractivity contribution in [3.05, 3.63) is 48.0 Å². The Morgan fingerprint density at radius 3 is 2.55 bits per heavy atom. The maximum absolute atomic E-state index is 12.6. The molecule has 3 rings (SSSR count). The third kappa shape index (κ3) is 2.43. The number of hydrogen-bond donors (Lipinski definition) is 1. The van der Waals surface area contributed by atoms with Gasteiger partial charge in [0, 0.05) is 11.7 Å². The van der Waals surface area contributed by atoms with E-state index in [4.69, 9.17) is 0 Å². The average Bonchev–Trinajstić information content (AvgIpc) is 3.08. The van der Waals surface area contributed by atoms with Gasteiger partial charge in [-0.3, -0.25) is 0 Å². The Morgan fingerprint density at radius 1 is 1.20 bits per heavy atom. The fourth-order valence-electron chi connectivity index (χ4n) is 2.53. The number of imidazole rings is 1. The van der Waals surface area contributed by atoms with Crippen LogP contribution in [0, 0.1) is 0 Å². The van der Waals surface area contributed by atoms with Crippen molar-refractivity contribution in [1.82, 2.24) is 14.9 Å². The van der Waals surface area contributed by atoms with Crippen molar-refractivity contribution >= 4 is 0 Å². The van der Waals surface area contributed by atoms with Gasteiger partial charge < -0.3 is 9.88 Å². The average molecular weight is 281 g/mol. The molecule has 0 saturated carbocycles. The maximum Gasteiger partial charge on any atom is 0.416 e. The van der Waals surface area contributed by atoms with Gasteiger partial charge in [0.2, 0.25) is 0 Å². The molecule has 1 aromatic heterocycles. The Kier molecular flexibility index (Phi) is 3.25. The Morgan fingerprint density at radius 2 is 1.95 bits per heavy atom. The normalized spacial score (nSPS) is 19.4. The summed E-state index contributed by atoms with van der Waals surface area (Å²) < 4.78 is 39.5. The van der Waals surface area contributed by atoms with Crippen LogP contribution in [0.4, 0.5) is 13.2 Å². The number of hydrogen-bond acceptors (Lipinski definition) is 2. The highest BCUT2D eigenvalue weighted by Gasteiger charge is 2.30. The zero-order valence-electron chi connectivity index (χ0n) is 10.7. The highest BCUT2D eigenvalue weighted by atomic mass is 19.4. The van der Waals surface area contributed by atoms with Crippen LogP contribution in [0.15, 0.2) is 36.8 Å². The molecule has 2 aromatic rings. The van der Waals surface area contributed by atoms with Gasteiger partial charge in [0.15, 0.2) is 0 Å². The van der Waals surface area contributed by atoms with E-state index in [1.165, 1.54) is 12.1 Å². The van der Waals surface area contributed by atoms with Crippen molar-refractivity contribution in [2.24, 2.45) is 0 Å². The van der Waals surface area contributed by atoms with E-state index < -0.39 is 11.7 Å². The molecule has 1 aliphatic rings.